The predicted octanol–water partition coefficient (Wildman–Crippen LogP) is 3.28. The van der Waals surface area contributed by atoms with Crippen molar-refractivity contribution in [2.24, 2.45) is 17.8 Å². The summed E-state index contributed by atoms with van der Waals surface area (Å²) in [7, 11) is 3.49. The zero-order valence-electron chi connectivity index (χ0n) is 33.1. The van der Waals surface area contributed by atoms with Gasteiger partial charge in [0, 0.05) is 37.8 Å². The second kappa shape index (κ2) is 16.1. The first-order chi connectivity index (χ1) is 23.6. The van der Waals surface area contributed by atoms with E-state index in [2.05, 4.69) is 4.90 Å². The molecule has 0 aromatic heterocycles. The number of fused-ring (bicyclic) bond motifs is 2. The fourth-order valence-corrected chi connectivity index (χ4v) is 8.89. The van der Waals surface area contributed by atoms with E-state index in [4.69, 9.17) is 33.2 Å². The van der Waals surface area contributed by atoms with Gasteiger partial charge in [-0.05, 0) is 80.5 Å². The number of carbonyl (C=O) groups is 1. The Morgan fingerprint density at radius 1 is 0.961 bits per heavy atom. The zero-order valence-corrected chi connectivity index (χ0v) is 33.1. The Labute approximate surface area is 304 Å². The summed E-state index contributed by atoms with van der Waals surface area (Å²) in [5.41, 5.74) is -3.00. The molecule has 4 aliphatic heterocycles. The van der Waals surface area contributed by atoms with Crippen molar-refractivity contribution in [2.45, 2.75) is 186 Å². The van der Waals surface area contributed by atoms with Crippen LogP contribution in [0.1, 0.15) is 102 Å². The lowest BCUT2D eigenvalue weighted by atomic mass is 9.78. The molecule has 4 rings (SSSR count). The van der Waals surface area contributed by atoms with E-state index in [-0.39, 0.29) is 25.0 Å². The van der Waals surface area contributed by atoms with Gasteiger partial charge >= 0.3 is 5.97 Å². The third kappa shape index (κ3) is 8.33. The van der Waals surface area contributed by atoms with E-state index >= 15 is 0 Å². The van der Waals surface area contributed by atoms with Gasteiger partial charge in [0.05, 0.1) is 35.9 Å². The molecule has 0 radical (unpaired) electrons. The Balaban J connectivity index is 1.84. The second-order valence-corrected chi connectivity index (χ2v) is 16.5. The molecule has 3 saturated heterocycles. The minimum atomic E-state index is -1.82. The van der Waals surface area contributed by atoms with Crippen LogP contribution in [0.3, 0.4) is 0 Å². The second-order valence-electron chi connectivity index (χ2n) is 16.5. The van der Waals surface area contributed by atoms with Crippen molar-refractivity contribution in [2.75, 3.05) is 20.7 Å². The minimum Gasteiger partial charge on any atom is -0.489 e. The van der Waals surface area contributed by atoms with Gasteiger partial charge in [-0.15, -0.1) is 0 Å². The van der Waals surface area contributed by atoms with Crippen LogP contribution in [0.15, 0.2) is 11.3 Å². The van der Waals surface area contributed by atoms with Crippen LogP contribution < -0.4 is 0 Å². The largest absolute Gasteiger partial charge is 0.489 e. The van der Waals surface area contributed by atoms with Gasteiger partial charge in [-0.3, -0.25) is 4.79 Å². The number of hydrogen-bond acceptors (Lipinski definition) is 13. The molecule has 2 bridgehead atoms. The van der Waals surface area contributed by atoms with Gasteiger partial charge in [0.15, 0.2) is 12.6 Å². The average Bonchev–Trinajstić information content (AvgIpc) is 3.40. The predicted molar refractivity (Wildman–Crippen MR) is 188 cm³/mol. The number of carbonyl (C=O) groups excluding carboxylic acids is 1. The Kier molecular flexibility index (Phi) is 13.4. The Bertz CT molecular complexity index is 1230. The fourth-order valence-electron chi connectivity index (χ4n) is 8.89. The molecule has 51 heavy (non-hydrogen) atoms. The third-order valence-electron chi connectivity index (χ3n) is 12.4. The van der Waals surface area contributed by atoms with E-state index in [1.165, 1.54) is 14.0 Å². The number of esters is 1. The number of aliphatic hydroxyl groups excluding tert-OH is 3. The van der Waals surface area contributed by atoms with Crippen molar-refractivity contribution in [1.82, 2.24) is 4.90 Å². The molecule has 17 atom stereocenters. The normalized spacial score (nSPS) is 48.8. The smallest absolute Gasteiger partial charge is 0.311 e. The summed E-state index contributed by atoms with van der Waals surface area (Å²) in [6.07, 6.45) is -7.37. The number of ether oxygens (including phenoxy) is 7. The van der Waals surface area contributed by atoms with Gasteiger partial charge in [0.2, 0.25) is 0 Å². The SMILES string of the molecule is CC[C@H]1OC(=O)[C@H](C)[C@@H](O[C@H]2C[C@@](C)(OC)[C@@H](O)[C@H](C)O2)[C@H](C)[C@@H](O[C@@H]2O[C@H](C)C[C@H](N(C)CC)[C@H]2O)[C@@]2(C)CC(C)=C(O2)[C@H](C)[C@@H](O)[C@]1(C)O. The van der Waals surface area contributed by atoms with Gasteiger partial charge in [-0.1, -0.05) is 27.7 Å². The Hall–Kier alpha value is -1.39. The molecule has 13 nitrogen and oxygen atoms in total. The van der Waals surface area contributed by atoms with Gasteiger partial charge in [-0.25, -0.2) is 0 Å². The molecule has 0 aromatic carbocycles. The van der Waals surface area contributed by atoms with Crippen LogP contribution in [0, 0.1) is 17.8 Å². The van der Waals surface area contributed by atoms with E-state index in [0.717, 1.165) is 12.1 Å². The molecule has 4 heterocycles. The van der Waals surface area contributed by atoms with E-state index < -0.39 is 95.8 Å². The molecule has 0 unspecified atom stereocenters. The van der Waals surface area contributed by atoms with Crippen molar-refractivity contribution < 1.29 is 58.4 Å². The molecule has 0 amide bonds. The maximum atomic E-state index is 14.1. The summed E-state index contributed by atoms with van der Waals surface area (Å²) < 4.78 is 44.8. The van der Waals surface area contributed by atoms with Crippen LogP contribution in [0.4, 0.5) is 0 Å². The lowest BCUT2D eigenvalue weighted by Crippen LogP contribution is -2.60. The van der Waals surface area contributed by atoms with Gasteiger partial charge in [0.1, 0.15) is 41.4 Å². The summed E-state index contributed by atoms with van der Waals surface area (Å²) in [5.74, 6) is -2.31. The number of methoxy groups -OCH3 is 1. The number of nitrogens with zero attached hydrogens (tertiary/aromatic N) is 1. The lowest BCUT2D eigenvalue weighted by Gasteiger charge is -2.48. The maximum absolute atomic E-state index is 14.1. The number of hydrogen-bond donors (Lipinski definition) is 4. The first-order valence-electron chi connectivity index (χ1n) is 18.9. The van der Waals surface area contributed by atoms with E-state index in [0.29, 0.717) is 18.6 Å². The van der Waals surface area contributed by atoms with Gasteiger partial charge in [0.25, 0.3) is 0 Å². The van der Waals surface area contributed by atoms with Gasteiger partial charge in [-0.2, -0.15) is 0 Å². The first kappa shape index (κ1) is 42.4. The van der Waals surface area contributed by atoms with Crippen LogP contribution >= 0.6 is 0 Å². The molecule has 0 aliphatic carbocycles. The number of cyclic esters (lactones) is 1. The molecule has 4 N–H and O–H groups in total. The topological polar surface area (TPSA) is 166 Å². The van der Waals surface area contributed by atoms with Crippen molar-refractivity contribution in [3.63, 3.8) is 0 Å². The molecular weight excluding hydrogens is 662 g/mol. The van der Waals surface area contributed by atoms with Crippen molar-refractivity contribution in [3.05, 3.63) is 11.3 Å². The van der Waals surface area contributed by atoms with Crippen LogP contribution in [-0.4, -0.2) is 136 Å². The van der Waals surface area contributed by atoms with Crippen LogP contribution in [0.25, 0.3) is 0 Å². The summed E-state index contributed by atoms with van der Waals surface area (Å²) in [6.45, 7) is 20.8. The van der Waals surface area contributed by atoms with E-state index in [1.807, 2.05) is 41.7 Å². The van der Waals surface area contributed by atoms with Crippen LogP contribution in [0.5, 0.6) is 0 Å². The minimum absolute atomic E-state index is 0.174. The summed E-state index contributed by atoms with van der Waals surface area (Å²) in [6, 6.07) is -0.221. The average molecular weight is 730 g/mol. The standard InChI is InChI=1S/C38H67NO12/c1-14-26-38(11,44)31(41)21(5)29-19(3)17-37(10,51-29)33(50-35-28(40)25(39(12)15-2)16-20(4)46-35)22(6)30(23(7)34(43)48-26)49-27-18-36(9,45-13)32(42)24(8)47-27/h20-28,30-33,35,40-42,44H,14-18H2,1-13H3/t20-,21+,22+,23-,24+,25+,26-,27+,28-,30+,31-,32+,33-,35+,36-,37-,38-/m1/s1. The number of likely N-dealkylation sites (N-methyl/N-ethyl adjacent to an activating group) is 1. The third-order valence-corrected chi connectivity index (χ3v) is 12.4. The molecule has 13 heteroatoms. The Morgan fingerprint density at radius 3 is 2.20 bits per heavy atom. The lowest BCUT2D eigenvalue weighted by molar-refractivity contribution is -0.317. The number of aliphatic hydroxyl groups is 4. The van der Waals surface area contributed by atoms with Crippen LogP contribution in [0.2, 0.25) is 0 Å². The summed E-state index contributed by atoms with van der Waals surface area (Å²) >= 11 is 0. The maximum Gasteiger partial charge on any atom is 0.311 e. The quantitative estimate of drug-likeness (QED) is 0.269. The van der Waals surface area contributed by atoms with Crippen molar-refractivity contribution >= 4 is 5.97 Å². The van der Waals surface area contributed by atoms with Gasteiger partial charge < -0.3 is 58.5 Å². The number of rotatable bonds is 8. The first-order valence-corrected chi connectivity index (χ1v) is 18.9. The molecule has 3 fully saturated rings. The van der Waals surface area contributed by atoms with E-state index in [1.54, 1.807) is 34.6 Å². The van der Waals surface area contributed by atoms with Crippen LogP contribution in [-0.2, 0) is 38.0 Å². The molecule has 4 aliphatic rings. The molecule has 296 valence electrons. The molecule has 0 aromatic rings. The Morgan fingerprint density at radius 2 is 1.61 bits per heavy atom. The molecule has 0 spiro atoms. The highest BCUT2D eigenvalue weighted by atomic mass is 16.7. The molecule has 0 saturated carbocycles. The highest BCUT2D eigenvalue weighted by Crippen LogP contribution is 2.47. The summed E-state index contributed by atoms with van der Waals surface area (Å²) in [4.78, 5) is 16.2. The highest BCUT2D eigenvalue weighted by molar-refractivity contribution is 5.73. The summed E-state index contributed by atoms with van der Waals surface area (Å²) in [5, 5.41) is 46.0. The fraction of sp³-hybridized carbons (Fsp3) is 0.921. The molecular formula is C38H67NO12. The monoisotopic (exact) mass is 729 g/mol. The highest BCUT2D eigenvalue weighted by Gasteiger charge is 2.56. The van der Waals surface area contributed by atoms with E-state index in [9.17, 15) is 25.2 Å². The zero-order chi connectivity index (χ0) is 38.4. The van der Waals surface area contributed by atoms with Crippen molar-refractivity contribution in [3.8, 4) is 0 Å². The van der Waals surface area contributed by atoms with Crippen molar-refractivity contribution in [1.29, 1.82) is 0 Å².